The molecule has 3 N–H and O–H groups in total. The van der Waals surface area contributed by atoms with Crippen molar-refractivity contribution in [3.63, 3.8) is 0 Å². The number of hydrogen-bond donors (Lipinski definition) is 3. The van der Waals surface area contributed by atoms with E-state index in [1.54, 1.807) is 0 Å². The summed E-state index contributed by atoms with van der Waals surface area (Å²) in [7, 11) is 0. The van der Waals surface area contributed by atoms with Crippen LogP contribution in [0.25, 0.3) is 0 Å². The van der Waals surface area contributed by atoms with Crippen molar-refractivity contribution < 1.29 is 24.6 Å². The lowest BCUT2D eigenvalue weighted by molar-refractivity contribution is -0.148. The zero-order valence-electron chi connectivity index (χ0n) is 13.4. The number of carbonyl (C=O) groups is 3. The van der Waals surface area contributed by atoms with Crippen LogP contribution in [0.15, 0.2) is 30.3 Å². The van der Waals surface area contributed by atoms with E-state index in [4.69, 9.17) is 5.11 Å². The molecule has 1 aliphatic rings. The SMILES string of the molecule is O=C(O)[C@@H](CCc1ccccc1)NCC(=O)N1CCC[C@H]1C(=O)O. The van der Waals surface area contributed by atoms with E-state index in [2.05, 4.69) is 5.32 Å². The summed E-state index contributed by atoms with van der Waals surface area (Å²) in [5.74, 6) is -2.40. The van der Waals surface area contributed by atoms with Crippen molar-refractivity contribution in [1.29, 1.82) is 0 Å². The molecule has 1 fully saturated rings. The van der Waals surface area contributed by atoms with E-state index in [-0.39, 0.29) is 12.5 Å². The lowest BCUT2D eigenvalue weighted by Gasteiger charge is -2.23. The Kier molecular flexibility index (Phi) is 6.31. The molecule has 0 spiro atoms. The molecule has 2 rings (SSSR count). The Bertz CT molecular complexity index is 590. The first-order chi connectivity index (χ1) is 11.5. The number of benzene rings is 1. The van der Waals surface area contributed by atoms with Gasteiger partial charge in [0, 0.05) is 6.54 Å². The van der Waals surface area contributed by atoms with E-state index in [1.807, 2.05) is 30.3 Å². The van der Waals surface area contributed by atoms with Crippen LogP contribution < -0.4 is 5.32 Å². The summed E-state index contributed by atoms with van der Waals surface area (Å²) in [6.45, 7) is 0.231. The van der Waals surface area contributed by atoms with Crippen LogP contribution in [0.5, 0.6) is 0 Å². The molecule has 0 radical (unpaired) electrons. The van der Waals surface area contributed by atoms with Crippen LogP contribution >= 0.6 is 0 Å². The second-order valence-electron chi connectivity index (χ2n) is 5.88. The van der Waals surface area contributed by atoms with Gasteiger partial charge in [-0.1, -0.05) is 30.3 Å². The first-order valence-corrected chi connectivity index (χ1v) is 8.01. The van der Waals surface area contributed by atoms with E-state index in [0.29, 0.717) is 32.2 Å². The van der Waals surface area contributed by atoms with Gasteiger partial charge in [-0.05, 0) is 31.2 Å². The summed E-state index contributed by atoms with van der Waals surface area (Å²) >= 11 is 0. The summed E-state index contributed by atoms with van der Waals surface area (Å²) in [5, 5.41) is 21.1. The molecule has 1 aliphatic heterocycles. The zero-order valence-corrected chi connectivity index (χ0v) is 13.4. The van der Waals surface area contributed by atoms with Gasteiger partial charge in [0.25, 0.3) is 0 Å². The van der Waals surface area contributed by atoms with Crippen LogP contribution in [0.4, 0.5) is 0 Å². The molecule has 1 amide bonds. The van der Waals surface area contributed by atoms with E-state index in [1.165, 1.54) is 4.90 Å². The third kappa shape index (κ3) is 4.79. The molecule has 0 aromatic heterocycles. The third-order valence-corrected chi connectivity index (χ3v) is 4.22. The first kappa shape index (κ1) is 17.9. The fourth-order valence-corrected chi connectivity index (χ4v) is 2.90. The Labute approximate surface area is 140 Å². The monoisotopic (exact) mass is 334 g/mol. The maximum Gasteiger partial charge on any atom is 0.326 e. The predicted molar refractivity (Wildman–Crippen MR) is 86.6 cm³/mol. The van der Waals surface area contributed by atoms with E-state index in [0.717, 1.165) is 5.56 Å². The lowest BCUT2D eigenvalue weighted by atomic mass is 10.1. The van der Waals surface area contributed by atoms with Crippen molar-refractivity contribution in [2.45, 2.75) is 37.8 Å². The van der Waals surface area contributed by atoms with Crippen molar-refractivity contribution in [3.05, 3.63) is 35.9 Å². The minimum Gasteiger partial charge on any atom is -0.480 e. The Morgan fingerprint density at radius 2 is 1.92 bits per heavy atom. The molecule has 0 bridgehead atoms. The maximum atomic E-state index is 12.2. The largest absolute Gasteiger partial charge is 0.480 e. The van der Waals surface area contributed by atoms with Gasteiger partial charge in [-0.25, -0.2) is 4.79 Å². The summed E-state index contributed by atoms with van der Waals surface area (Å²) < 4.78 is 0. The molecular weight excluding hydrogens is 312 g/mol. The minimum atomic E-state index is -1.02. The maximum absolute atomic E-state index is 12.2. The molecule has 130 valence electrons. The fraction of sp³-hybridized carbons (Fsp3) is 0.471. The average Bonchev–Trinajstić information content (AvgIpc) is 3.05. The second-order valence-corrected chi connectivity index (χ2v) is 5.88. The summed E-state index contributed by atoms with van der Waals surface area (Å²) in [6.07, 6.45) is 2.03. The molecule has 1 aromatic carbocycles. The van der Waals surface area contributed by atoms with Gasteiger partial charge in [0.1, 0.15) is 12.1 Å². The molecule has 7 heteroatoms. The Morgan fingerprint density at radius 1 is 1.21 bits per heavy atom. The number of aliphatic carboxylic acids is 2. The molecule has 0 unspecified atom stereocenters. The normalized spacial score (nSPS) is 18.3. The van der Waals surface area contributed by atoms with Gasteiger partial charge in [-0.15, -0.1) is 0 Å². The third-order valence-electron chi connectivity index (χ3n) is 4.22. The number of carboxylic acids is 2. The minimum absolute atomic E-state index is 0.171. The number of aryl methyl sites for hydroxylation is 1. The van der Waals surface area contributed by atoms with E-state index in [9.17, 15) is 19.5 Å². The Hall–Kier alpha value is -2.41. The number of amides is 1. The Balaban J connectivity index is 1.85. The molecule has 1 heterocycles. The highest BCUT2D eigenvalue weighted by Gasteiger charge is 2.34. The average molecular weight is 334 g/mol. The highest BCUT2D eigenvalue weighted by molar-refractivity contribution is 5.86. The lowest BCUT2D eigenvalue weighted by Crippen LogP contribution is -2.48. The predicted octanol–water partition coefficient (Wildman–Crippen LogP) is 0.738. The summed E-state index contributed by atoms with van der Waals surface area (Å²) in [5.41, 5.74) is 1.03. The summed E-state index contributed by atoms with van der Waals surface area (Å²) in [4.78, 5) is 35.9. The topological polar surface area (TPSA) is 107 Å². The van der Waals surface area contributed by atoms with Crippen LogP contribution in [0.1, 0.15) is 24.8 Å². The highest BCUT2D eigenvalue weighted by Crippen LogP contribution is 2.17. The van der Waals surface area contributed by atoms with Crippen molar-refractivity contribution in [3.8, 4) is 0 Å². The fourth-order valence-electron chi connectivity index (χ4n) is 2.90. The van der Waals surface area contributed by atoms with Gasteiger partial charge < -0.3 is 15.1 Å². The summed E-state index contributed by atoms with van der Waals surface area (Å²) in [6, 6.07) is 7.87. The standard InChI is InChI=1S/C17H22N2O5/c20-15(19-10-4-7-14(19)17(23)24)11-18-13(16(21)22)9-8-12-5-2-1-3-6-12/h1-3,5-6,13-14,18H,4,7-11H2,(H,21,22)(H,23,24)/t13-,14+/m1/s1. The number of nitrogens with zero attached hydrogens (tertiary/aromatic N) is 1. The smallest absolute Gasteiger partial charge is 0.326 e. The first-order valence-electron chi connectivity index (χ1n) is 8.01. The molecule has 1 aromatic rings. The highest BCUT2D eigenvalue weighted by atomic mass is 16.4. The molecule has 24 heavy (non-hydrogen) atoms. The van der Waals surface area contributed by atoms with Gasteiger partial charge in [0.05, 0.1) is 6.54 Å². The van der Waals surface area contributed by atoms with Crippen molar-refractivity contribution >= 4 is 17.8 Å². The molecule has 1 saturated heterocycles. The van der Waals surface area contributed by atoms with Crippen molar-refractivity contribution in [1.82, 2.24) is 10.2 Å². The van der Waals surface area contributed by atoms with Crippen LogP contribution in [-0.4, -0.2) is 58.1 Å². The van der Waals surface area contributed by atoms with Crippen LogP contribution in [0.2, 0.25) is 0 Å². The number of hydrogen-bond acceptors (Lipinski definition) is 4. The number of carboxylic acid groups (broad SMARTS) is 2. The second kappa shape index (κ2) is 8.44. The zero-order chi connectivity index (χ0) is 17.5. The van der Waals surface area contributed by atoms with Gasteiger partial charge in [0.15, 0.2) is 0 Å². The van der Waals surface area contributed by atoms with Crippen molar-refractivity contribution in [2.24, 2.45) is 0 Å². The number of carbonyl (C=O) groups excluding carboxylic acids is 1. The van der Waals surface area contributed by atoms with E-state index >= 15 is 0 Å². The van der Waals surface area contributed by atoms with Crippen LogP contribution in [0.3, 0.4) is 0 Å². The van der Waals surface area contributed by atoms with Crippen LogP contribution in [-0.2, 0) is 20.8 Å². The quantitative estimate of drug-likeness (QED) is 0.647. The number of likely N-dealkylation sites (tertiary alicyclic amines) is 1. The van der Waals surface area contributed by atoms with Gasteiger partial charge in [-0.3, -0.25) is 14.9 Å². The molecule has 7 nitrogen and oxygen atoms in total. The molecule has 0 saturated carbocycles. The number of rotatable bonds is 8. The molecule has 2 atom stereocenters. The van der Waals surface area contributed by atoms with Gasteiger partial charge >= 0.3 is 11.9 Å². The number of nitrogens with one attached hydrogen (secondary N) is 1. The van der Waals surface area contributed by atoms with E-state index < -0.39 is 24.0 Å². The Morgan fingerprint density at radius 3 is 2.54 bits per heavy atom. The molecular formula is C17H22N2O5. The van der Waals surface area contributed by atoms with Crippen molar-refractivity contribution in [2.75, 3.05) is 13.1 Å². The van der Waals surface area contributed by atoms with Gasteiger partial charge in [-0.2, -0.15) is 0 Å². The van der Waals surface area contributed by atoms with Gasteiger partial charge in [0.2, 0.25) is 5.91 Å². The van der Waals surface area contributed by atoms with Crippen LogP contribution in [0, 0.1) is 0 Å². The molecule has 0 aliphatic carbocycles.